The summed E-state index contributed by atoms with van der Waals surface area (Å²) in [5.74, 6) is 3.16. The molecular formula is C18H17N3O2S. The molecule has 24 heavy (non-hydrogen) atoms. The van der Waals surface area contributed by atoms with Crippen LogP contribution in [0.5, 0.6) is 11.5 Å². The first-order chi connectivity index (χ1) is 11.8. The second-order valence-electron chi connectivity index (χ2n) is 5.54. The number of benzene rings is 2. The molecule has 1 atom stereocenters. The standard InChI is InChI=1S/C18H17N3O2S/c1-21-17(16-11-22-14-9-5-6-10-15(14)23-16)19-20-18(21)24-12-13-7-3-2-4-8-13/h2-10,16H,11-12H2,1H3. The summed E-state index contributed by atoms with van der Waals surface area (Å²) < 4.78 is 13.8. The molecule has 0 fully saturated rings. The molecule has 0 N–H and O–H groups in total. The minimum atomic E-state index is -0.247. The van der Waals surface area contributed by atoms with Gasteiger partial charge >= 0.3 is 0 Å². The molecule has 2 aromatic carbocycles. The number of hydrogen-bond donors (Lipinski definition) is 0. The monoisotopic (exact) mass is 339 g/mol. The highest BCUT2D eigenvalue weighted by Gasteiger charge is 2.27. The van der Waals surface area contributed by atoms with Crippen molar-refractivity contribution in [3.63, 3.8) is 0 Å². The van der Waals surface area contributed by atoms with Gasteiger partial charge in [0.25, 0.3) is 0 Å². The zero-order valence-corrected chi connectivity index (χ0v) is 14.1. The number of ether oxygens (including phenoxy) is 2. The molecule has 0 spiro atoms. The molecule has 0 bridgehead atoms. The summed E-state index contributed by atoms with van der Waals surface area (Å²) in [7, 11) is 1.96. The van der Waals surface area contributed by atoms with Crippen LogP contribution in [0, 0.1) is 0 Å². The average Bonchev–Trinajstić information content (AvgIpc) is 3.01. The van der Waals surface area contributed by atoms with Gasteiger partial charge in [-0.25, -0.2) is 0 Å². The van der Waals surface area contributed by atoms with Gasteiger partial charge in [-0.2, -0.15) is 0 Å². The number of rotatable bonds is 4. The van der Waals surface area contributed by atoms with Gasteiger partial charge in [-0.3, -0.25) is 0 Å². The normalized spacial score (nSPS) is 16.1. The van der Waals surface area contributed by atoms with Crippen molar-refractivity contribution in [3.8, 4) is 11.5 Å². The van der Waals surface area contributed by atoms with Gasteiger partial charge in [0.05, 0.1) is 0 Å². The maximum Gasteiger partial charge on any atom is 0.192 e. The van der Waals surface area contributed by atoms with Gasteiger partial charge in [0.1, 0.15) is 6.61 Å². The Morgan fingerprint density at radius 3 is 2.62 bits per heavy atom. The zero-order valence-electron chi connectivity index (χ0n) is 13.3. The molecule has 1 unspecified atom stereocenters. The molecule has 3 aromatic rings. The van der Waals surface area contributed by atoms with Crippen LogP contribution in [-0.2, 0) is 12.8 Å². The first-order valence-electron chi connectivity index (χ1n) is 7.76. The summed E-state index contributed by atoms with van der Waals surface area (Å²) in [4.78, 5) is 0. The summed E-state index contributed by atoms with van der Waals surface area (Å²) >= 11 is 1.66. The van der Waals surface area contributed by atoms with Crippen LogP contribution in [0.2, 0.25) is 0 Å². The lowest BCUT2D eigenvalue weighted by Crippen LogP contribution is -2.24. The van der Waals surface area contributed by atoms with E-state index in [1.165, 1.54) is 5.56 Å². The third-order valence-electron chi connectivity index (χ3n) is 3.88. The third-order valence-corrected chi connectivity index (χ3v) is 4.97. The highest BCUT2D eigenvalue weighted by atomic mass is 32.2. The summed E-state index contributed by atoms with van der Waals surface area (Å²) in [5, 5.41) is 9.49. The van der Waals surface area contributed by atoms with Crippen molar-refractivity contribution >= 4 is 11.8 Å². The number of aromatic nitrogens is 3. The first kappa shape index (κ1) is 15.1. The fourth-order valence-electron chi connectivity index (χ4n) is 2.60. The molecule has 1 aliphatic heterocycles. The van der Waals surface area contributed by atoms with E-state index in [1.807, 2.05) is 54.1 Å². The highest BCUT2D eigenvalue weighted by Crippen LogP contribution is 2.35. The SMILES string of the molecule is Cn1c(SCc2ccccc2)nnc1C1COc2ccccc2O1. The number of fused-ring (bicyclic) bond motifs is 1. The molecular weight excluding hydrogens is 322 g/mol. The molecule has 1 aliphatic rings. The van der Waals surface area contributed by atoms with Crippen LogP contribution in [0.1, 0.15) is 17.5 Å². The van der Waals surface area contributed by atoms with E-state index in [4.69, 9.17) is 9.47 Å². The fourth-order valence-corrected chi connectivity index (χ4v) is 3.48. The minimum absolute atomic E-state index is 0.247. The molecule has 5 nitrogen and oxygen atoms in total. The molecule has 0 radical (unpaired) electrons. The predicted octanol–water partition coefficient (Wildman–Crippen LogP) is 3.62. The minimum Gasteiger partial charge on any atom is -0.485 e. The largest absolute Gasteiger partial charge is 0.485 e. The topological polar surface area (TPSA) is 49.2 Å². The Bertz CT molecular complexity index is 835. The first-order valence-corrected chi connectivity index (χ1v) is 8.74. The van der Waals surface area contributed by atoms with E-state index in [0.29, 0.717) is 6.61 Å². The van der Waals surface area contributed by atoms with Gasteiger partial charge in [0.15, 0.2) is 28.6 Å². The van der Waals surface area contributed by atoms with E-state index >= 15 is 0 Å². The van der Waals surface area contributed by atoms with Gasteiger partial charge in [0, 0.05) is 12.8 Å². The molecule has 0 saturated carbocycles. The van der Waals surface area contributed by atoms with Crippen molar-refractivity contribution in [2.45, 2.75) is 17.0 Å². The third kappa shape index (κ3) is 2.97. The molecule has 4 rings (SSSR count). The average molecular weight is 339 g/mol. The maximum atomic E-state index is 6.02. The van der Waals surface area contributed by atoms with Gasteiger partial charge in [-0.15, -0.1) is 10.2 Å². The number of hydrogen-bond acceptors (Lipinski definition) is 5. The van der Waals surface area contributed by atoms with Gasteiger partial charge < -0.3 is 14.0 Å². The van der Waals surface area contributed by atoms with Crippen molar-refractivity contribution in [1.82, 2.24) is 14.8 Å². The maximum absolute atomic E-state index is 6.02. The molecule has 122 valence electrons. The van der Waals surface area contributed by atoms with E-state index in [-0.39, 0.29) is 6.10 Å². The number of thioether (sulfide) groups is 1. The van der Waals surface area contributed by atoms with E-state index in [9.17, 15) is 0 Å². The van der Waals surface area contributed by atoms with Crippen molar-refractivity contribution in [3.05, 3.63) is 66.0 Å². The van der Waals surface area contributed by atoms with Crippen molar-refractivity contribution in [1.29, 1.82) is 0 Å². The number of nitrogens with zero attached hydrogens (tertiary/aromatic N) is 3. The van der Waals surface area contributed by atoms with E-state index in [0.717, 1.165) is 28.2 Å². The predicted molar refractivity (Wildman–Crippen MR) is 92.3 cm³/mol. The molecule has 0 aliphatic carbocycles. The summed E-state index contributed by atoms with van der Waals surface area (Å²) in [6, 6.07) is 18.0. The molecule has 1 aromatic heterocycles. The Balaban J connectivity index is 1.49. The van der Waals surface area contributed by atoms with Gasteiger partial charge in [-0.05, 0) is 17.7 Å². The van der Waals surface area contributed by atoms with Crippen LogP contribution in [-0.4, -0.2) is 21.4 Å². The van der Waals surface area contributed by atoms with Crippen LogP contribution in [0.25, 0.3) is 0 Å². The lowest BCUT2D eigenvalue weighted by molar-refractivity contribution is 0.0825. The Kier molecular flexibility index (Phi) is 4.13. The number of para-hydroxylation sites is 2. The van der Waals surface area contributed by atoms with Crippen LogP contribution in [0.4, 0.5) is 0 Å². The quantitative estimate of drug-likeness (QED) is 0.680. The van der Waals surface area contributed by atoms with E-state index in [2.05, 4.69) is 22.3 Å². The van der Waals surface area contributed by atoms with E-state index < -0.39 is 0 Å². The summed E-state index contributed by atoms with van der Waals surface area (Å²) in [5.41, 5.74) is 1.26. The second kappa shape index (κ2) is 6.57. The molecule has 0 saturated heterocycles. The fraction of sp³-hybridized carbons (Fsp3) is 0.222. The highest BCUT2D eigenvalue weighted by molar-refractivity contribution is 7.98. The van der Waals surface area contributed by atoms with Crippen molar-refractivity contribution in [2.24, 2.45) is 7.05 Å². The Morgan fingerprint density at radius 1 is 1.04 bits per heavy atom. The van der Waals surface area contributed by atoms with E-state index in [1.54, 1.807) is 11.8 Å². The zero-order chi connectivity index (χ0) is 16.4. The van der Waals surface area contributed by atoms with Gasteiger partial charge in [-0.1, -0.05) is 54.2 Å². The molecule has 2 heterocycles. The second-order valence-corrected chi connectivity index (χ2v) is 6.48. The van der Waals surface area contributed by atoms with Crippen LogP contribution < -0.4 is 9.47 Å². The smallest absolute Gasteiger partial charge is 0.192 e. The Morgan fingerprint density at radius 2 is 1.79 bits per heavy atom. The van der Waals surface area contributed by atoms with Crippen LogP contribution in [0.15, 0.2) is 59.8 Å². The molecule has 0 amide bonds. The summed E-state index contributed by atoms with van der Waals surface area (Å²) in [6.45, 7) is 0.437. The van der Waals surface area contributed by atoms with Crippen LogP contribution >= 0.6 is 11.8 Å². The van der Waals surface area contributed by atoms with Crippen LogP contribution in [0.3, 0.4) is 0 Å². The lowest BCUT2D eigenvalue weighted by atomic mass is 10.2. The Labute approximate surface area is 144 Å². The summed E-state index contributed by atoms with van der Waals surface area (Å²) in [6.07, 6.45) is -0.247. The lowest BCUT2D eigenvalue weighted by Gasteiger charge is -2.25. The van der Waals surface area contributed by atoms with Crippen molar-refractivity contribution in [2.75, 3.05) is 6.61 Å². The Hall–Kier alpha value is -2.47. The van der Waals surface area contributed by atoms with Gasteiger partial charge in [0.2, 0.25) is 0 Å². The molecule has 6 heteroatoms. The van der Waals surface area contributed by atoms with Crippen molar-refractivity contribution < 1.29 is 9.47 Å².